The van der Waals surface area contributed by atoms with Crippen LogP contribution >= 0.6 is 0 Å². The summed E-state index contributed by atoms with van der Waals surface area (Å²) in [5.74, 6) is -3.49. The molecule has 0 saturated heterocycles. The van der Waals surface area contributed by atoms with Gasteiger partial charge in [-0.3, -0.25) is 4.79 Å². The summed E-state index contributed by atoms with van der Waals surface area (Å²) < 4.78 is 43.3. The Kier molecular flexibility index (Phi) is 10.1. The normalized spacial score (nSPS) is 26.8. The molecular formula is C37H44F3N3O. The van der Waals surface area contributed by atoms with E-state index < -0.39 is 29.8 Å². The number of nitrogens with one attached hydrogen (secondary N) is 1. The number of aryl methyl sites for hydroxylation is 1. The number of nitrogens with zero attached hydrogens (tertiary/aromatic N) is 1. The molecule has 234 valence electrons. The molecule has 5 rings (SSSR count). The Balaban J connectivity index is 1.40. The first kappa shape index (κ1) is 31.8. The zero-order chi connectivity index (χ0) is 31.3. The molecule has 2 aromatic carbocycles. The predicted octanol–water partition coefficient (Wildman–Crippen LogP) is 9.86. The maximum Gasteiger partial charge on any atom is 0.392 e. The van der Waals surface area contributed by atoms with E-state index in [1.807, 2.05) is 68.5 Å². The number of aliphatic imine (C=N–C) groups is 1. The molecule has 0 radical (unpaired) electrons. The SMILES string of the molecule is C/C1=C\C(=Nc2ccc(C)cc2)C(=CN)CCC2=CC[C@@H](C(F)(F)F)[C@H](C(=O)Nc3ccc(C4CCCCC4)cc3)[C@H]2CC1. The standard InChI is InChI=1S/C37H44F3N3O/c1-24-8-16-30(17-9-24)42-34-22-25(2)10-20-32-28(11-12-29(34)23-41)15-21-33(37(38,39)40)35(32)36(44)43-31-18-13-27(14-19-31)26-6-4-3-5-7-26/h8-9,13-19,22-23,26,32-33,35H,3-7,10-12,20-21,41H2,1-2H3,(H,43,44)/b25-22+,29-23?,42-34?/t32-,33+,35+/m0/s1. The predicted molar refractivity (Wildman–Crippen MR) is 173 cm³/mol. The molecule has 3 aliphatic carbocycles. The Labute approximate surface area is 259 Å². The first-order valence-electron chi connectivity index (χ1n) is 16.0. The molecule has 4 nitrogen and oxygen atoms in total. The maximum absolute atomic E-state index is 14.4. The Bertz CT molecular complexity index is 1430. The molecule has 0 bridgehead atoms. The molecule has 3 atom stereocenters. The van der Waals surface area contributed by atoms with Crippen molar-refractivity contribution in [1.29, 1.82) is 0 Å². The van der Waals surface area contributed by atoms with Crippen LogP contribution in [0.4, 0.5) is 24.5 Å². The van der Waals surface area contributed by atoms with Gasteiger partial charge in [0.15, 0.2) is 0 Å². The van der Waals surface area contributed by atoms with Crippen molar-refractivity contribution >= 4 is 23.0 Å². The van der Waals surface area contributed by atoms with E-state index in [9.17, 15) is 18.0 Å². The summed E-state index contributed by atoms with van der Waals surface area (Å²) in [7, 11) is 0. The van der Waals surface area contributed by atoms with Gasteiger partial charge in [0, 0.05) is 5.69 Å². The fourth-order valence-corrected chi connectivity index (χ4v) is 7.16. The van der Waals surface area contributed by atoms with Gasteiger partial charge < -0.3 is 11.1 Å². The number of anilines is 1. The molecular weight excluding hydrogens is 559 g/mol. The summed E-state index contributed by atoms with van der Waals surface area (Å²) in [5.41, 5.74) is 13.3. The molecule has 2 aromatic rings. The number of hydrogen-bond donors (Lipinski definition) is 2. The number of amides is 1. The van der Waals surface area contributed by atoms with E-state index in [0.29, 0.717) is 37.3 Å². The van der Waals surface area contributed by atoms with Gasteiger partial charge in [-0.1, -0.05) is 66.3 Å². The summed E-state index contributed by atoms with van der Waals surface area (Å²) >= 11 is 0. The van der Waals surface area contributed by atoms with E-state index in [1.165, 1.54) is 24.8 Å². The van der Waals surface area contributed by atoms with Crippen molar-refractivity contribution in [3.05, 3.63) is 94.7 Å². The summed E-state index contributed by atoms with van der Waals surface area (Å²) in [4.78, 5) is 18.7. The highest BCUT2D eigenvalue weighted by Gasteiger charge is 2.51. The van der Waals surface area contributed by atoms with Crippen LogP contribution < -0.4 is 11.1 Å². The van der Waals surface area contributed by atoms with Gasteiger partial charge >= 0.3 is 6.18 Å². The van der Waals surface area contributed by atoms with Gasteiger partial charge in [-0.25, -0.2) is 4.99 Å². The van der Waals surface area contributed by atoms with Crippen LogP contribution in [0.2, 0.25) is 0 Å². The van der Waals surface area contributed by atoms with Crippen LogP contribution in [-0.2, 0) is 4.79 Å². The molecule has 44 heavy (non-hydrogen) atoms. The van der Waals surface area contributed by atoms with Crippen molar-refractivity contribution in [2.75, 3.05) is 5.32 Å². The molecule has 3 aliphatic rings. The molecule has 1 saturated carbocycles. The average molecular weight is 604 g/mol. The number of hydrogen-bond acceptors (Lipinski definition) is 3. The smallest absolute Gasteiger partial charge is 0.392 e. The molecule has 0 unspecified atom stereocenters. The zero-order valence-corrected chi connectivity index (χ0v) is 25.8. The number of carbonyl (C=O) groups is 1. The van der Waals surface area contributed by atoms with E-state index in [-0.39, 0.29) is 6.42 Å². The van der Waals surface area contributed by atoms with Crippen LogP contribution in [0, 0.1) is 24.7 Å². The first-order valence-corrected chi connectivity index (χ1v) is 16.0. The molecule has 0 spiro atoms. The fourth-order valence-electron chi connectivity index (χ4n) is 7.16. The third-order valence-corrected chi connectivity index (χ3v) is 9.68. The lowest BCUT2D eigenvalue weighted by molar-refractivity contribution is -0.195. The van der Waals surface area contributed by atoms with Crippen LogP contribution in [0.3, 0.4) is 0 Å². The summed E-state index contributed by atoms with van der Waals surface area (Å²) in [5, 5.41) is 2.88. The third-order valence-electron chi connectivity index (χ3n) is 9.68. The van der Waals surface area contributed by atoms with Crippen LogP contribution in [0.1, 0.15) is 88.2 Å². The maximum atomic E-state index is 14.4. The number of halogens is 3. The highest BCUT2D eigenvalue weighted by atomic mass is 19.4. The molecule has 1 amide bonds. The Morgan fingerprint density at radius 3 is 2.30 bits per heavy atom. The molecule has 1 fully saturated rings. The van der Waals surface area contributed by atoms with Crippen LogP contribution in [0.5, 0.6) is 0 Å². The van der Waals surface area contributed by atoms with Gasteiger partial charge in [-0.2, -0.15) is 13.2 Å². The monoisotopic (exact) mass is 603 g/mol. The van der Waals surface area contributed by atoms with Gasteiger partial charge in [0.05, 0.1) is 23.2 Å². The van der Waals surface area contributed by atoms with Crippen molar-refractivity contribution < 1.29 is 18.0 Å². The van der Waals surface area contributed by atoms with Gasteiger partial charge in [0.1, 0.15) is 0 Å². The number of alkyl halides is 3. The number of nitrogens with two attached hydrogens (primary N) is 1. The summed E-state index contributed by atoms with van der Waals surface area (Å²) in [6, 6.07) is 15.7. The minimum absolute atomic E-state index is 0.200. The Hall–Kier alpha value is -3.61. The molecule has 0 aromatic heterocycles. The summed E-state index contributed by atoms with van der Waals surface area (Å²) in [6.45, 7) is 3.99. The highest BCUT2D eigenvalue weighted by Crippen LogP contribution is 2.48. The molecule has 3 N–H and O–H groups in total. The van der Waals surface area contributed by atoms with E-state index in [4.69, 9.17) is 10.7 Å². The van der Waals surface area contributed by atoms with Crippen molar-refractivity contribution in [1.82, 2.24) is 0 Å². The van der Waals surface area contributed by atoms with E-state index in [0.717, 1.165) is 46.5 Å². The van der Waals surface area contributed by atoms with Gasteiger partial charge in [0.2, 0.25) is 5.91 Å². The minimum Gasteiger partial charge on any atom is -0.404 e. The third kappa shape index (κ3) is 7.72. The summed E-state index contributed by atoms with van der Waals surface area (Å²) in [6.07, 6.45) is 8.69. The van der Waals surface area contributed by atoms with Crippen LogP contribution in [-0.4, -0.2) is 17.8 Å². The quantitative estimate of drug-likeness (QED) is 0.342. The molecule has 0 aliphatic heterocycles. The van der Waals surface area contributed by atoms with Crippen molar-refractivity contribution in [2.24, 2.45) is 28.5 Å². The van der Waals surface area contributed by atoms with E-state index >= 15 is 0 Å². The largest absolute Gasteiger partial charge is 0.404 e. The van der Waals surface area contributed by atoms with Crippen LogP contribution in [0.15, 0.2) is 88.6 Å². The van der Waals surface area contributed by atoms with Crippen LogP contribution in [0.25, 0.3) is 0 Å². The van der Waals surface area contributed by atoms with Crippen molar-refractivity contribution in [3.63, 3.8) is 0 Å². The lowest BCUT2D eigenvalue weighted by Crippen LogP contribution is -2.44. The topological polar surface area (TPSA) is 67.5 Å². The van der Waals surface area contributed by atoms with Crippen molar-refractivity contribution in [3.8, 4) is 0 Å². The Morgan fingerprint density at radius 1 is 0.932 bits per heavy atom. The second-order valence-corrected chi connectivity index (χ2v) is 12.8. The number of allylic oxidation sites excluding steroid dienone is 5. The molecule has 0 heterocycles. The van der Waals surface area contributed by atoms with Gasteiger partial charge in [0.25, 0.3) is 0 Å². The van der Waals surface area contributed by atoms with E-state index in [2.05, 4.69) is 5.32 Å². The molecule has 7 heteroatoms. The lowest BCUT2D eigenvalue weighted by atomic mass is 9.67. The van der Waals surface area contributed by atoms with E-state index in [1.54, 1.807) is 12.3 Å². The zero-order valence-electron chi connectivity index (χ0n) is 25.8. The highest BCUT2D eigenvalue weighted by molar-refractivity contribution is 6.10. The average Bonchev–Trinajstić information content (AvgIpc) is 3.01. The second-order valence-electron chi connectivity index (χ2n) is 12.8. The lowest BCUT2D eigenvalue weighted by Gasteiger charge is -2.39. The van der Waals surface area contributed by atoms with Crippen molar-refractivity contribution in [2.45, 2.75) is 90.1 Å². The second kappa shape index (κ2) is 14.0. The first-order chi connectivity index (χ1) is 21.1. The number of rotatable bonds is 4. The fraction of sp³-hybridized carbons (Fsp3) is 0.459. The van der Waals surface area contributed by atoms with Gasteiger partial charge in [-0.15, -0.1) is 0 Å². The minimum atomic E-state index is -4.48. The Morgan fingerprint density at radius 2 is 1.64 bits per heavy atom. The van der Waals surface area contributed by atoms with Gasteiger partial charge in [-0.05, 0) is 118 Å². The number of carbonyl (C=O) groups excluding carboxylic acids is 1. The number of fused-ring (bicyclic) bond motifs is 1. The number of benzene rings is 2.